The molecule has 1 heterocycles. The number of carboxylic acids is 2. The van der Waals surface area contributed by atoms with Gasteiger partial charge in [-0.25, -0.2) is 9.59 Å². The molecular weight excluding hydrogens is 378 g/mol. The zero-order chi connectivity index (χ0) is 18.3. The van der Waals surface area contributed by atoms with Gasteiger partial charge < -0.3 is 15.9 Å². The molecule has 0 amide bonds. The van der Waals surface area contributed by atoms with Crippen LogP contribution in [0.4, 0.5) is 0 Å². The average molecular weight is 398 g/mol. The Morgan fingerprint density at radius 1 is 1.33 bits per heavy atom. The van der Waals surface area contributed by atoms with E-state index in [4.69, 9.17) is 15.9 Å². The second-order valence-corrected chi connectivity index (χ2v) is 6.05. The first kappa shape index (κ1) is 19.9. The summed E-state index contributed by atoms with van der Waals surface area (Å²) in [6.07, 6.45) is 2.06. The first-order valence-corrected chi connectivity index (χ1v) is 8.08. The highest BCUT2D eigenvalue weighted by atomic mass is 79.9. The molecule has 1 aromatic carbocycles. The maximum Gasteiger partial charge on any atom is 0.328 e. The molecule has 24 heavy (non-hydrogen) atoms. The minimum Gasteiger partial charge on any atom is -0.478 e. The third-order valence-electron chi connectivity index (χ3n) is 2.95. The van der Waals surface area contributed by atoms with Crippen molar-refractivity contribution in [1.82, 2.24) is 9.78 Å². The van der Waals surface area contributed by atoms with Gasteiger partial charge in [-0.3, -0.25) is 4.68 Å². The normalized spacial score (nSPS) is 12.0. The Bertz CT molecular complexity index is 737. The largest absolute Gasteiger partial charge is 0.478 e. The Morgan fingerprint density at radius 2 is 1.92 bits per heavy atom. The molecule has 8 heteroatoms. The molecule has 0 radical (unpaired) electrons. The van der Waals surface area contributed by atoms with E-state index in [0.29, 0.717) is 12.2 Å². The van der Waals surface area contributed by atoms with Gasteiger partial charge in [0, 0.05) is 28.1 Å². The fourth-order valence-electron chi connectivity index (χ4n) is 2.03. The zero-order valence-corrected chi connectivity index (χ0v) is 15.0. The Hall–Kier alpha value is -2.19. The number of carbonyl (C=O) groups is 2. The molecule has 0 saturated carbocycles. The summed E-state index contributed by atoms with van der Waals surface area (Å²) in [7, 11) is 0. The Balaban J connectivity index is 0.000000307. The summed E-state index contributed by atoms with van der Waals surface area (Å²) in [4.78, 5) is 19.1. The van der Waals surface area contributed by atoms with Crippen LogP contribution >= 0.6 is 15.9 Å². The summed E-state index contributed by atoms with van der Waals surface area (Å²) in [5.41, 5.74) is 8.13. The molecule has 0 saturated heterocycles. The Morgan fingerprint density at radius 3 is 2.38 bits per heavy atom. The standard InChI is InChI=1S/C12H16BrN3.C4H4O4/c1-3-11-10-5-4-9(13)6-12(10)16(15-11)7-8(2)14;5-3(6)1-2-4(7)8/h4-6,8H,3,7,14H2,1-2H3;1-2H,(H,5,6)(H,7,8)/b;2-1+/t8-;/m0./s1. The number of halogens is 1. The molecule has 130 valence electrons. The molecule has 2 rings (SSSR count). The SMILES string of the molecule is CCc1nn(C[C@H](C)N)c2cc(Br)ccc12.O=C(O)/C=C/C(=O)O. The maximum absolute atomic E-state index is 9.55. The fraction of sp³-hybridized carbons (Fsp3) is 0.312. The molecule has 0 unspecified atom stereocenters. The number of nitrogens with zero attached hydrogens (tertiary/aromatic N) is 2. The van der Waals surface area contributed by atoms with Gasteiger partial charge in [-0.2, -0.15) is 5.10 Å². The maximum atomic E-state index is 9.55. The summed E-state index contributed by atoms with van der Waals surface area (Å²) >= 11 is 3.49. The highest BCUT2D eigenvalue weighted by molar-refractivity contribution is 9.10. The summed E-state index contributed by atoms with van der Waals surface area (Å²) in [5.74, 6) is -2.51. The second-order valence-electron chi connectivity index (χ2n) is 5.13. The van der Waals surface area contributed by atoms with Gasteiger partial charge in [0.1, 0.15) is 0 Å². The highest BCUT2D eigenvalue weighted by Gasteiger charge is 2.10. The minimum atomic E-state index is -1.26. The summed E-state index contributed by atoms with van der Waals surface area (Å²) in [6.45, 7) is 4.88. The van der Waals surface area contributed by atoms with Crippen molar-refractivity contribution in [3.63, 3.8) is 0 Å². The Kier molecular flexibility index (Phi) is 7.60. The van der Waals surface area contributed by atoms with E-state index in [0.717, 1.165) is 28.6 Å². The molecule has 0 fully saturated rings. The smallest absolute Gasteiger partial charge is 0.328 e. The van der Waals surface area contributed by atoms with E-state index in [1.54, 1.807) is 0 Å². The van der Waals surface area contributed by atoms with E-state index in [2.05, 4.69) is 46.2 Å². The number of nitrogens with two attached hydrogens (primary N) is 1. The monoisotopic (exact) mass is 397 g/mol. The van der Waals surface area contributed by atoms with Crippen molar-refractivity contribution in [2.45, 2.75) is 32.9 Å². The third-order valence-corrected chi connectivity index (χ3v) is 3.45. The van der Waals surface area contributed by atoms with Crippen LogP contribution in [0, 0.1) is 0 Å². The quantitative estimate of drug-likeness (QED) is 0.666. The van der Waals surface area contributed by atoms with Crippen molar-refractivity contribution >= 4 is 38.8 Å². The van der Waals surface area contributed by atoms with E-state index in [-0.39, 0.29) is 6.04 Å². The van der Waals surface area contributed by atoms with Crippen LogP contribution in [0.5, 0.6) is 0 Å². The molecule has 0 aliphatic carbocycles. The van der Waals surface area contributed by atoms with Crippen molar-refractivity contribution in [3.8, 4) is 0 Å². The van der Waals surface area contributed by atoms with E-state index in [1.165, 1.54) is 5.39 Å². The van der Waals surface area contributed by atoms with Gasteiger partial charge in [-0.1, -0.05) is 22.9 Å². The predicted molar refractivity (Wildman–Crippen MR) is 94.9 cm³/mol. The van der Waals surface area contributed by atoms with Crippen molar-refractivity contribution < 1.29 is 19.8 Å². The van der Waals surface area contributed by atoms with Crippen LogP contribution < -0.4 is 5.73 Å². The molecule has 2 aromatic rings. The number of aryl methyl sites for hydroxylation is 1. The lowest BCUT2D eigenvalue weighted by Gasteiger charge is -2.06. The van der Waals surface area contributed by atoms with Crippen LogP contribution in [0.2, 0.25) is 0 Å². The molecular formula is C16H20BrN3O4. The molecule has 7 nitrogen and oxygen atoms in total. The van der Waals surface area contributed by atoms with E-state index in [9.17, 15) is 9.59 Å². The highest BCUT2D eigenvalue weighted by Crippen LogP contribution is 2.23. The first-order chi connectivity index (χ1) is 11.2. The van der Waals surface area contributed by atoms with Crippen molar-refractivity contribution in [2.24, 2.45) is 5.73 Å². The van der Waals surface area contributed by atoms with Crippen molar-refractivity contribution in [2.75, 3.05) is 0 Å². The van der Waals surface area contributed by atoms with E-state index >= 15 is 0 Å². The van der Waals surface area contributed by atoms with Gasteiger partial charge in [-0.05, 0) is 31.5 Å². The lowest BCUT2D eigenvalue weighted by atomic mass is 10.2. The lowest BCUT2D eigenvalue weighted by molar-refractivity contribution is -0.134. The summed E-state index contributed by atoms with van der Waals surface area (Å²) < 4.78 is 3.08. The first-order valence-electron chi connectivity index (χ1n) is 7.29. The van der Waals surface area contributed by atoms with Crippen molar-refractivity contribution in [1.29, 1.82) is 0 Å². The molecule has 0 bridgehead atoms. The third kappa shape index (κ3) is 6.13. The molecule has 0 spiro atoms. The number of aromatic nitrogens is 2. The lowest BCUT2D eigenvalue weighted by Crippen LogP contribution is -2.22. The number of hydrogen-bond donors (Lipinski definition) is 3. The van der Waals surface area contributed by atoms with Crippen LogP contribution in [0.3, 0.4) is 0 Å². The number of benzene rings is 1. The topological polar surface area (TPSA) is 118 Å². The summed E-state index contributed by atoms with van der Waals surface area (Å²) in [6, 6.07) is 6.39. The molecule has 1 aromatic heterocycles. The molecule has 0 aliphatic rings. The summed E-state index contributed by atoms with van der Waals surface area (Å²) in [5, 5.41) is 21.5. The van der Waals surface area contributed by atoms with Gasteiger partial charge in [0.2, 0.25) is 0 Å². The Labute approximate surface area is 147 Å². The number of aliphatic carboxylic acids is 2. The van der Waals surface area contributed by atoms with Gasteiger partial charge in [-0.15, -0.1) is 0 Å². The predicted octanol–water partition coefficient (Wildman–Crippen LogP) is 2.42. The van der Waals surface area contributed by atoms with E-state index < -0.39 is 11.9 Å². The van der Waals surface area contributed by atoms with Gasteiger partial charge in [0.25, 0.3) is 0 Å². The van der Waals surface area contributed by atoms with Gasteiger partial charge >= 0.3 is 11.9 Å². The van der Waals surface area contributed by atoms with Crippen LogP contribution in [0.1, 0.15) is 19.5 Å². The molecule has 0 aliphatic heterocycles. The van der Waals surface area contributed by atoms with Crippen LogP contribution in [-0.4, -0.2) is 38.0 Å². The van der Waals surface area contributed by atoms with Crippen LogP contribution in [0.15, 0.2) is 34.8 Å². The van der Waals surface area contributed by atoms with Gasteiger partial charge in [0.05, 0.1) is 17.8 Å². The number of fused-ring (bicyclic) bond motifs is 1. The van der Waals surface area contributed by atoms with Crippen LogP contribution in [-0.2, 0) is 22.6 Å². The second kappa shape index (κ2) is 9.19. The van der Waals surface area contributed by atoms with Crippen molar-refractivity contribution in [3.05, 3.63) is 40.5 Å². The zero-order valence-electron chi connectivity index (χ0n) is 13.4. The number of carboxylic acid groups (broad SMARTS) is 2. The van der Waals surface area contributed by atoms with E-state index in [1.807, 2.05) is 11.6 Å². The molecule has 1 atom stereocenters. The van der Waals surface area contributed by atoms with Gasteiger partial charge in [0.15, 0.2) is 0 Å². The number of hydrogen-bond acceptors (Lipinski definition) is 4. The average Bonchev–Trinajstić information content (AvgIpc) is 2.82. The minimum absolute atomic E-state index is 0.117. The number of rotatable bonds is 5. The molecule has 4 N–H and O–H groups in total. The van der Waals surface area contributed by atoms with Crippen LogP contribution in [0.25, 0.3) is 10.9 Å². The fourth-order valence-corrected chi connectivity index (χ4v) is 2.38.